The molecule has 0 bridgehead atoms. The molecule has 0 saturated carbocycles. The van der Waals surface area contributed by atoms with E-state index < -0.39 is 11.9 Å². The van der Waals surface area contributed by atoms with E-state index in [-0.39, 0.29) is 24.1 Å². The predicted molar refractivity (Wildman–Crippen MR) is 85.9 cm³/mol. The Bertz CT molecular complexity index is 819. The molecule has 0 atom stereocenters. The van der Waals surface area contributed by atoms with E-state index >= 15 is 0 Å². The summed E-state index contributed by atoms with van der Waals surface area (Å²) in [6.07, 6.45) is 3.83. The van der Waals surface area contributed by atoms with Crippen LogP contribution in [0.2, 0.25) is 0 Å². The Balaban J connectivity index is 2.12. The van der Waals surface area contributed by atoms with E-state index in [0.717, 1.165) is 5.56 Å². The maximum Gasteiger partial charge on any atom is 0.325 e. The molecule has 1 N–H and O–H groups in total. The zero-order valence-electron chi connectivity index (χ0n) is 12.9. The first-order chi connectivity index (χ1) is 11.0. The third-order valence-corrected chi connectivity index (χ3v) is 3.08. The Kier molecular flexibility index (Phi) is 5.30. The highest BCUT2D eigenvalue weighted by Crippen LogP contribution is 2.13. The minimum absolute atomic E-state index is 0.218. The minimum atomic E-state index is -0.519. The van der Waals surface area contributed by atoms with Crippen molar-refractivity contribution < 1.29 is 18.7 Å². The summed E-state index contributed by atoms with van der Waals surface area (Å²) in [4.78, 5) is 35.1. The molecule has 0 aliphatic heterocycles. The predicted octanol–water partition coefficient (Wildman–Crippen LogP) is 1.79. The molecule has 6 nitrogen and oxygen atoms in total. The topological polar surface area (TPSA) is 85.6 Å². The second-order valence-corrected chi connectivity index (χ2v) is 4.88. The second-order valence-electron chi connectivity index (χ2n) is 4.88. The highest BCUT2D eigenvalue weighted by Gasteiger charge is 2.06. The second kappa shape index (κ2) is 7.40. The number of carbonyl (C=O) groups excluding carboxylic acids is 2. The van der Waals surface area contributed by atoms with Crippen LogP contribution < -0.4 is 10.7 Å². The summed E-state index contributed by atoms with van der Waals surface area (Å²) in [7, 11) is 0. The Labute approximate surface area is 132 Å². The first-order valence-corrected chi connectivity index (χ1v) is 7.15. The molecule has 0 aliphatic rings. The molecule has 23 heavy (non-hydrogen) atoms. The summed E-state index contributed by atoms with van der Waals surface area (Å²) in [5.41, 5.74) is 1.47. The molecule has 0 spiro atoms. The van der Waals surface area contributed by atoms with Crippen molar-refractivity contribution >= 4 is 28.9 Å². The van der Waals surface area contributed by atoms with E-state index in [4.69, 9.17) is 9.15 Å². The van der Waals surface area contributed by atoms with Gasteiger partial charge in [-0.3, -0.25) is 14.4 Å². The molecule has 1 aromatic heterocycles. The largest absolute Gasteiger partial charge is 0.465 e. The Morgan fingerprint density at radius 3 is 2.87 bits per heavy atom. The highest BCUT2D eigenvalue weighted by molar-refractivity contribution is 5.94. The first-order valence-electron chi connectivity index (χ1n) is 7.15. The van der Waals surface area contributed by atoms with E-state index in [1.165, 1.54) is 18.4 Å². The van der Waals surface area contributed by atoms with Crippen LogP contribution in [0.1, 0.15) is 18.1 Å². The van der Waals surface area contributed by atoms with E-state index in [9.17, 15) is 14.4 Å². The number of amides is 1. The van der Waals surface area contributed by atoms with Crippen molar-refractivity contribution in [1.29, 1.82) is 0 Å². The van der Waals surface area contributed by atoms with Crippen LogP contribution in [0.3, 0.4) is 0 Å². The number of aryl methyl sites for hydroxylation is 1. The molecule has 0 saturated heterocycles. The lowest BCUT2D eigenvalue weighted by atomic mass is 10.1. The standard InChI is InChI=1S/C17H17NO5/c1-3-22-16(20)9-18-15(19)7-5-12-10-23-14-6-4-11(2)8-13(14)17(12)21/h4-8,10H,3,9H2,1-2H3,(H,18,19)/b7-5+. The zero-order valence-corrected chi connectivity index (χ0v) is 12.9. The molecule has 1 aromatic carbocycles. The third kappa shape index (κ3) is 4.29. The van der Waals surface area contributed by atoms with Gasteiger partial charge >= 0.3 is 5.97 Å². The number of nitrogens with one attached hydrogen (secondary N) is 1. The average Bonchev–Trinajstić information content (AvgIpc) is 2.53. The normalized spacial score (nSPS) is 10.9. The molecular formula is C17H17NO5. The van der Waals surface area contributed by atoms with Crippen molar-refractivity contribution in [3.63, 3.8) is 0 Å². The van der Waals surface area contributed by atoms with Gasteiger partial charge in [0.1, 0.15) is 18.4 Å². The summed E-state index contributed by atoms with van der Waals surface area (Å²) in [5.74, 6) is -1.02. The highest BCUT2D eigenvalue weighted by atomic mass is 16.5. The number of hydrogen-bond acceptors (Lipinski definition) is 5. The van der Waals surface area contributed by atoms with Crippen molar-refractivity contribution in [2.45, 2.75) is 13.8 Å². The number of rotatable bonds is 5. The minimum Gasteiger partial charge on any atom is -0.465 e. The molecule has 6 heteroatoms. The Morgan fingerprint density at radius 2 is 2.13 bits per heavy atom. The van der Waals surface area contributed by atoms with E-state index in [0.29, 0.717) is 11.0 Å². The maximum absolute atomic E-state index is 12.3. The van der Waals surface area contributed by atoms with Crippen LogP contribution in [0.25, 0.3) is 17.0 Å². The van der Waals surface area contributed by atoms with Crippen LogP contribution in [0, 0.1) is 6.92 Å². The molecule has 0 aliphatic carbocycles. The van der Waals surface area contributed by atoms with Gasteiger partial charge in [0, 0.05) is 6.08 Å². The number of ether oxygens (including phenoxy) is 1. The number of esters is 1. The first kappa shape index (κ1) is 16.5. The van der Waals surface area contributed by atoms with Crippen LogP contribution >= 0.6 is 0 Å². The van der Waals surface area contributed by atoms with Crippen LogP contribution in [-0.4, -0.2) is 25.0 Å². The van der Waals surface area contributed by atoms with E-state index in [2.05, 4.69) is 5.32 Å². The summed E-state index contributed by atoms with van der Waals surface area (Å²) >= 11 is 0. The lowest BCUT2D eigenvalue weighted by Gasteiger charge is -2.02. The van der Waals surface area contributed by atoms with E-state index in [1.807, 2.05) is 13.0 Å². The number of fused-ring (bicyclic) bond motifs is 1. The lowest BCUT2D eigenvalue weighted by Crippen LogP contribution is -2.29. The number of carbonyl (C=O) groups is 2. The van der Waals surface area contributed by atoms with Gasteiger partial charge in [-0.1, -0.05) is 11.6 Å². The summed E-state index contributed by atoms with van der Waals surface area (Å²) < 4.78 is 10.1. The molecule has 0 radical (unpaired) electrons. The van der Waals surface area contributed by atoms with Gasteiger partial charge in [0.05, 0.1) is 17.6 Å². The van der Waals surface area contributed by atoms with Crippen molar-refractivity contribution in [3.8, 4) is 0 Å². The smallest absolute Gasteiger partial charge is 0.325 e. The zero-order chi connectivity index (χ0) is 16.8. The summed E-state index contributed by atoms with van der Waals surface area (Å²) in [6.45, 7) is 3.59. The van der Waals surface area contributed by atoms with Gasteiger partial charge in [0.2, 0.25) is 5.91 Å². The summed E-state index contributed by atoms with van der Waals surface area (Å²) in [6, 6.07) is 5.31. The van der Waals surface area contributed by atoms with Crippen LogP contribution in [0.5, 0.6) is 0 Å². The van der Waals surface area contributed by atoms with Gasteiger partial charge < -0.3 is 14.5 Å². The van der Waals surface area contributed by atoms with Crippen molar-refractivity contribution in [2.75, 3.05) is 13.2 Å². The molecule has 2 aromatic rings. The number of benzene rings is 1. The van der Waals surface area contributed by atoms with Gasteiger partial charge in [0.15, 0.2) is 5.43 Å². The fourth-order valence-electron chi connectivity index (χ4n) is 1.97. The van der Waals surface area contributed by atoms with Crippen LogP contribution in [-0.2, 0) is 14.3 Å². The van der Waals surface area contributed by atoms with Gasteiger partial charge in [-0.2, -0.15) is 0 Å². The monoisotopic (exact) mass is 315 g/mol. The van der Waals surface area contributed by atoms with E-state index in [1.54, 1.807) is 19.1 Å². The van der Waals surface area contributed by atoms with Crippen LogP contribution in [0.4, 0.5) is 0 Å². The Hall–Kier alpha value is -2.89. The van der Waals surface area contributed by atoms with Gasteiger partial charge in [-0.15, -0.1) is 0 Å². The molecule has 0 unspecified atom stereocenters. The molecule has 2 rings (SSSR count). The molecule has 0 fully saturated rings. The molecule has 1 heterocycles. The average molecular weight is 315 g/mol. The van der Waals surface area contributed by atoms with Gasteiger partial charge in [-0.25, -0.2) is 0 Å². The van der Waals surface area contributed by atoms with Gasteiger partial charge in [0.25, 0.3) is 0 Å². The van der Waals surface area contributed by atoms with Gasteiger partial charge in [-0.05, 0) is 32.1 Å². The van der Waals surface area contributed by atoms with Crippen molar-refractivity contribution in [1.82, 2.24) is 5.32 Å². The molecular weight excluding hydrogens is 298 g/mol. The van der Waals surface area contributed by atoms with Crippen molar-refractivity contribution in [2.24, 2.45) is 0 Å². The number of hydrogen-bond donors (Lipinski definition) is 1. The maximum atomic E-state index is 12.3. The van der Waals surface area contributed by atoms with Crippen LogP contribution in [0.15, 0.2) is 39.7 Å². The Morgan fingerprint density at radius 1 is 1.35 bits per heavy atom. The summed E-state index contributed by atoms with van der Waals surface area (Å²) in [5, 5.41) is 2.83. The quantitative estimate of drug-likeness (QED) is 0.671. The molecule has 1 amide bonds. The SMILES string of the molecule is CCOC(=O)CNC(=O)/C=C/c1coc2ccc(C)cc2c1=O. The third-order valence-electron chi connectivity index (χ3n) is 3.08. The fourth-order valence-corrected chi connectivity index (χ4v) is 1.97. The molecule has 120 valence electrons. The fraction of sp³-hybridized carbons (Fsp3) is 0.235. The van der Waals surface area contributed by atoms with Crippen molar-refractivity contribution in [3.05, 3.63) is 51.9 Å². The lowest BCUT2D eigenvalue weighted by molar-refractivity contribution is -0.143.